The topological polar surface area (TPSA) is 23.5 Å². The zero-order valence-corrected chi connectivity index (χ0v) is 11.7. The van der Waals surface area contributed by atoms with Gasteiger partial charge in [-0.1, -0.05) is 24.3 Å². The fourth-order valence-electron chi connectivity index (χ4n) is 3.93. The molecule has 1 aliphatic carbocycles. The number of rotatable bonds is 1. The van der Waals surface area contributed by atoms with Gasteiger partial charge in [-0.25, -0.2) is 0 Å². The van der Waals surface area contributed by atoms with Gasteiger partial charge in [-0.05, 0) is 61.1 Å². The van der Waals surface area contributed by atoms with Crippen LogP contribution in [0, 0.1) is 0 Å². The second-order valence-electron chi connectivity index (χ2n) is 6.03. The van der Waals surface area contributed by atoms with Crippen LogP contribution in [0.4, 0.5) is 5.69 Å². The first kappa shape index (κ1) is 11.8. The Morgan fingerprint density at radius 1 is 1.10 bits per heavy atom. The van der Waals surface area contributed by atoms with E-state index in [0.717, 1.165) is 19.3 Å². The lowest BCUT2D eigenvalue weighted by atomic mass is 10.1. The van der Waals surface area contributed by atoms with E-state index in [1.54, 1.807) is 0 Å². The third-order valence-electron chi connectivity index (χ3n) is 4.77. The van der Waals surface area contributed by atoms with Crippen LogP contribution in [0.5, 0.6) is 5.75 Å². The number of nitrogens with zero attached hydrogens (tertiary/aromatic N) is 1. The summed E-state index contributed by atoms with van der Waals surface area (Å²) in [4.78, 5) is 2.58. The van der Waals surface area contributed by atoms with Gasteiger partial charge in [0.25, 0.3) is 0 Å². The van der Waals surface area contributed by atoms with E-state index >= 15 is 0 Å². The van der Waals surface area contributed by atoms with Gasteiger partial charge in [-0.15, -0.1) is 0 Å². The molecular formula is C18H19NO. The molecule has 2 nitrogen and oxygen atoms in total. The predicted molar refractivity (Wildman–Crippen MR) is 81.3 cm³/mol. The smallest absolute Gasteiger partial charge is 0.115 e. The van der Waals surface area contributed by atoms with Crippen molar-refractivity contribution in [1.82, 2.24) is 0 Å². The fraction of sp³-hybridized carbons (Fsp3) is 0.333. The molecule has 2 aromatic carbocycles. The molecule has 0 saturated heterocycles. The first-order valence-corrected chi connectivity index (χ1v) is 7.42. The molecule has 1 heterocycles. The molecule has 1 N–H and O–H groups in total. The van der Waals surface area contributed by atoms with E-state index in [1.807, 2.05) is 12.1 Å². The lowest BCUT2D eigenvalue weighted by molar-refractivity contribution is 0.474. The number of hydrogen-bond donors (Lipinski definition) is 1. The highest BCUT2D eigenvalue weighted by molar-refractivity contribution is 5.62. The Labute approximate surface area is 119 Å². The van der Waals surface area contributed by atoms with E-state index in [1.165, 1.54) is 22.4 Å². The minimum atomic E-state index is 0.388. The second-order valence-corrected chi connectivity index (χ2v) is 6.03. The number of phenols is 1. The highest BCUT2D eigenvalue weighted by atomic mass is 16.3. The van der Waals surface area contributed by atoms with Gasteiger partial charge in [0.2, 0.25) is 0 Å². The summed E-state index contributed by atoms with van der Waals surface area (Å²) in [6, 6.07) is 15.6. The quantitative estimate of drug-likeness (QED) is 0.847. The maximum atomic E-state index is 9.64. The van der Waals surface area contributed by atoms with Crippen molar-refractivity contribution in [3.8, 4) is 5.75 Å². The zero-order valence-electron chi connectivity index (χ0n) is 11.7. The summed E-state index contributed by atoms with van der Waals surface area (Å²) in [5.41, 5.74) is 5.57. The number of anilines is 1. The Hall–Kier alpha value is -1.96. The lowest BCUT2D eigenvalue weighted by Gasteiger charge is -2.32. The van der Waals surface area contributed by atoms with Gasteiger partial charge in [0.05, 0.1) is 6.04 Å². The Bertz CT molecular complexity index is 664. The molecule has 0 spiro atoms. The normalized spacial score (nSPS) is 23.8. The molecule has 2 atom stereocenters. The van der Waals surface area contributed by atoms with Crippen LogP contribution in [0.3, 0.4) is 0 Å². The molecule has 2 aliphatic rings. The summed E-state index contributed by atoms with van der Waals surface area (Å²) in [6.45, 7) is 2.32. The van der Waals surface area contributed by atoms with Crippen LogP contribution in [0.2, 0.25) is 0 Å². The van der Waals surface area contributed by atoms with E-state index in [4.69, 9.17) is 0 Å². The molecule has 2 heteroatoms. The first-order valence-electron chi connectivity index (χ1n) is 7.42. The van der Waals surface area contributed by atoms with Crippen LogP contribution in [0.25, 0.3) is 0 Å². The van der Waals surface area contributed by atoms with Gasteiger partial charge in [0, 0.05) is 11.7 Å². The number of benzene rings is 2. The van der Waals surface area contributed by atoms with Crippen LogP contribution < -0.4 is 4.90 Å². The van der Waals surface area contributed by atoms with Crippen LogP contribution in [0.15, 0.2) is 42.5 Å². The van der Waals surface area contributed by atoms with Gasteiger partial charge in [-0.2, -0.15) is 0 Å². The van der Waals surface area contributed by atoms with Crippen molar-refractivity contribution >= 4 is 5.69 Å². The number of aryl methyl sites for hydroxylation is 1. The number of aromatic hydroxyl groups is 1. The number of phenolic OH excluding ortho intramolecular Hbond substituents is 1. The maximum Gasteiger partial charge on any atom is 0.115 e. The summed E-state index contributed by atoms with van der Waals surface area (Å²) in [7, 11) is 0. The minimum absolute atomic E-state index is 0.388. The highest BCUT2D eigenvalue weighted by Gasteiger charge is 2.35. The Balaban J connectivity index is 1.77. The van der Waals surface area contributed by atoms with E-state index in [-0.39, 0.29) is 0 Å². The Kier molecular flexibility index (Phi) is 2.53. The SMILES string of the molecule is CC1Cc2ccccc2N1C1CCc2cc(O)ccc21. The van der Waals surface area contributed by atoms with Crippen molar-refractivity contribution in [3.05, 3.63) is 59.2 Å². The molecule has 1 aliphatic heterocycles. The largest absolute Gasteiger partial charge is 0.508 e. The molecular weight excluding hydrogens is 246 g/mol. The maximum absolute atomic E-state index is 9.64. The van der Waals surface area contributed by atoms with Crippen molar-refractivity contribution in [2.75, 3.05) is 4.90 Å². The summed E-state index contributed by atoms with van der Waals surface area (Å²) < 4.78 is 0. The summed E-state index contributed by atoms with van der Waals surface area (Å²) in [6.07, 6.45) is 3.36. The Morgan fingerprint density at radius 2 is 1.95 bits per heavy atom. The van der Waals surface area contributed by atoms with Crippen molar-refractivity contribution in [3.63, 3.8) is 0 Å². The lowest BCUT2D eigenvalue weighted by Crippen LogP contribution is -2.32. The number of para-hydroxylation sites is 1. The van der Waals surface area contributed by atoms with Crippen molar-refractivity contribution < 1.29 is 5.11 Å². The van der Waals surface area contributed by atoms with Crippen molar-refractivity contribution in [2.24, 2.45) is 0 Å². The second kappa shape index (κ2) is 4.27. The van der Waals surface area contributed by atoms with E-state index in [9.17, 15) is 5.11 Å². The van der Waals surface area contributed by atoms with Gasteiger partial charge < -0.3 is 10.0 Å². The molecule has 4 rings (SSSR count). The van der Waals surface area contributed by atoms with E-state index in [2.05, 4.69) is 42.2 Å². The Morgan fingerprint density at radius 3 is 2.85 bits per heavy atom. The molecule has 0 fully saturated rings. The van der Waals surface area contributed by atoms with Crippen LogP contribution >= 0.6 is 0 Å². The van der Waals surface area contributed by atoms with Gasteiger partial charge >= 0.3 is 0 Å². The van der Waals surface area contributed by atoms with Crippen molar-refractivity contribution in [2.45, 2.75) is 38.3 Å². The molecule has 102 valence electrons. The average Bonchev–Trinajstić information content (AvgIpc) is 2.97. The predicted octanol–water partition coefficient (Wildman–Crippen LogP) is 3.83. The number of fused-ring (bicyclic) bond motifs is 2. The van der Waals surface area contributed by atoms with E-state index < -0.39 is 0 Å². The third-order valence-corrected chi connectivity index (χ3v) is 4.77. The highest BCUT2D eigenvalue weighted by Crippen LogP contribution is 2.44. The molecule has 2 unspecified atom stereocenters. The molecule has 0 saturated carbocycles. The third kappa shape index (κ3) is 1.64. The standard InChI is InChI=1S/C18H19NO/c1-12-10-14-4-2-3-5-17(14)19(12)18-9-6-13-11-15(20)7-8-16(13)18/h2-5,7-8,11-12,18,20H,6,9-10H2,1H3. The van der Waals surface area contributed by atoms with Gasteiger partial charge in [0.15, 0.2) is 0 Å². The molecule has 0 radical (unpaired) electrons. The fourth-order valence-corrected chi connectivity index (χ4v) is 3.93. The molecule has 0 amide bonds. The minimum Gasteiger partial charge on any atom is -0.508 e. The van der Waals surface area contributed by atoms with Crippen molar-refractivity contribution in [1.29, 1.82) is 0 Å². The molecule has 0 bridgehead atoms. The molecule has 2 aromatic rings. The number of hydrogen-bond acceptors (Lipinski definition) is 2. The molecule has 0 aromatic heterocycles. The summed E-state index contributed by atoms with van der Waals surface area (Å²) in [5, 5.41) is 9.64. The summed E-state index contributed by atoms with van der Waals surface area (Å²) in [5.74, 6) is 0.388. The van der Waals surface area contributed by atoms with E-state index in [0.29, 0.717) is 17.8 Å². The van der Waals surface area contributed by atoms with Gasteiger partial charge in [0.1, 0.15) is 5.75 Å². The first-order chi connectivity index (χ1) is 9.74. The summed E-state index contributed by atoms with van der Waals surface area (Å²) >= 11 is 0. The average molecular weight is 265 g/mol. The van der Waals surface area contributed by atoms with Crippen LogP contribution in [-0.2, 0) is 12.8 Å². The molecule has 20 heavy (non-hydrogen) atoms. The zero-order chi connectivity index (χ0) is 13.7. The van der Waals surface area contributed by atoms with Gasteiger partial charge in [-0.3, -0.25) is 0 Å². The van der Waals surface area contributed by atoms with Crippen LogP contribution in [-0.4, -0.2) is 11.1 Å². The van der Waals surface area contributed by atoms with Crippen LogP contribution in [0.1, 0.15) is 36.1 Å². The monoisotopic (exact) mass is 265 g/mol.